The Balaban J connectivity index is 1.78. The van der Waals surface area contributed by atoms with Gasteiger partial charge in [-0.25, -0.2) is 27.8 Å². The van der Waals surface area contributed by atoms with Crippen LogP contribution in [0.15, 0.2) is 53.8 Å². The molecule has 0 fully saturated rings. The predicted octanol–water partition coefficient (Wildman–Crippen LogP) is 2.74. The fourth-order valence-electron chi connectivity index (χ4n) is 3.43. The van der Waals surface area contributed by atoms with E-state index in [1.807, 2.05) is 6.07 Å². The molecule has 0 bridgehead atoms. The van der Waals surface area contributed by atoms with Crippen LogP contribution in [0.5, 0.6) is 0 Å². The monoisotopic (exact) mass is 463 g/mol. The van der Waals surface area contributed by atoms with Crippen molar-refractivity contribution in [3.63, 3.8) is 0 Å². The number of sulfone groups is 1. The van der Waals surface area contributed by atoms with Crippen molar-refractivity contribution in [1.82, 2.24) is 19.9 Å². The van der Waals surface area contributed by atoms with E-state index >= 15 is 0 Å². The topological polar surface area (TPSA) is 148 Å². The van der Waals surface area contributed by atoms with Gasteiger partial charge in [-0.05, 0) is 24.1 Å². The van der Waals surface area contributed by atoms with Gasteiger partial charge in [0.05, 0.1) is 27.8 Å². The molecule has 0 aliphatic rings. The molecular weight excluding hydrogens is 445 g/mol. The summed E-state index contributed by atoms with van der Waals surface area (Å²) in [6.07, 6.45) is 3.85. The van der Waals surface area contributed by atoms with Crippen LogP contribution in [0.25, 0.3) is 22.3 Å². The summed E-state index contributed by atoms with van der Waals surface area (Å²) in [5, 5.41) is 12.4. The number of rotatable bonds is 6. The van der Waals surface area contributed by atoms with E-state index in [-0.39, 0.29) is 22.1 Å². The molecule has 4 rings (SSSR count). The molecule has 11 heteroatoms. The van der Waals surface area contributed by atoms with E-state index in [4.69, 9.17) is 5.73 Å². The number of halogens is 1. The number of pyridine rings is 2. The minimum atomic E-state index is -3.55. The van der Waals surface area contributed by atoms with Crippen molar-refractivity contribution in [2.75, 3.05) is 23.9 Å². The third kappa shape index (κ3) is 4.56. The highest BCUT2D eigenvalue weighted by molar-refractivity contribution is 7.90. The molecule has 1 aromatic carbocycles. The summed E-state index contributed by atoms with van der Waals surface area (Å²) < 4.78 is 38.6. The number of nitriles is 1. The largest absolute Gasteiger partial charge is 0.382 e. The molecule has 33 heavy (non-hydrogen) atoms. The lowest BCUT2D eigenvalue weighted by Gasteiger charge is -2.14. The molecule has 3 aromatic heterocycles. The molecule has 166 valence electrons. The Labute approximate surface area is 189 Å². The minimum absolute atomic E-state index is 0.0661. The van der Waals surface area contributed by atoms with E-state index in [1.54, 1.807) is 24.3 Å². The number of fused-ring (bicyclic) bond motifs is 1. The van der Waals surface area contributed by atoms with Gasteiger partial charge in [-0.3, -0.25) is 4.98 Å². The molecule has 0 aliphatic carbocycles. The van der Waals surface area contributed by atoms with Crippen LogP contribution >= 0.6 is 0 Å². The second kappa shape index (κ2) is 8.76. The number of nitrogens with one attached hydrogen (secondary N) is 1. The van der Waals surface area contributed by atoms with E-state index in [2.05, 4.69) is 25.3 Å². The van der Waals surface area contributed by atoms with E-state index in [0.717, 1.165) is 12.5 Å². The van der Waals surface area contributed by atoms with Crippen molar-refractivity contribution in [3.05, 3.63) is 65.9 Å². The first-order chi connectivity index (χ1) is 15.8. The van der Waals surface area contributed by atoms with Gasteiger partial charge in [-0.15, -0.1) is 0 Å². The highest BCUT2D eigenvalue weighted by Gasteiger charge is 2.19. The van der Waals surface area contributed by atoms with Gasteiger partial charge in [0.15, 0.2) is 9.84 Å². The van der Waals surface area contributed by atoms with Crippen LogP contribution < -0.4 is 11.1 Å². The van der Waals surface area contributed by atoms with Gasteiger partial charge in [0, 0.05) is 24.4 Å². The fraction of sp³-hybridized carbons (Fsp3) is 0.136. The van der Waals surface area contributed by atoms with Gasteiger partial charge in [-0.1, -0.05) is 18.2 Å². The average Bonchev–Trinajstić information content (AvgIpc) is 2.78. The van der Waals surface area contributed by atoms with Gasteiger partial charge in [0.1, 0.15) is 35.4 Å². The lowest BCUT2D eigenvalue weighted by molar-refractivity contribution is 0.602. The molecule has 3 heterocycles. The first kappa shape index (κ1) is 22.0. The standard InChI is InChI=1S/C22H18FN7O2S/c1-33(31,32)19-5-3-2-4-15(19)20-13(8-17-18(30-20)9-14(23)11-27-17)6-7-26-22-16(10-24)21(25)28-12-29-22/h2-5,8-9,11-12H,6-7H2,1H3,(H3,25,26,28,29). The average molecular weight is 463 g/mol. The zero-order chi connectivity index (χ0) is 23.6. The van der Waals surface area contributed by atoms with E-state index < -0.39 is 15.7 Å². The zero-order valence-corrected chi connectivity index (χ0v) is 18.3. The molecule has 0 aliphatic heterocycles. The second-order valence-corrected chi connectivity index (χ2v) is 9.21. The summed E-state index contributed by atoms with van der Waals surface area (Å²) in [7, 11) is -3.55. The van der Waals surface area contributed by atoms with Crippen LogP contribution in [-0.2, 0) is 16.3 Å². The number of aromatic nitrogens is 4. The Kier molecular flexibility index (Phi) is 5.85. The number of hydrogen-bond acceptors (Lipinski definition) is 9. The van der Waals surface area contributed by atoms with E-state index in [1.165, 1.54) is 18.5 Å². The number of nitrogen functional groups attached to an aromatic ring is 1. The Hall–Kier alpha value is -4.17. The summed E-state index contributed by atoms with van der Waals surface area (Å²) in [5.74, 6) is -0.189. The SMILES string of the molecule is CS(=O)(=O)c1ccccc1-c1nc2cc(F)cnc2cc1CCNc1ncnc(N)c1C#N. The maximum absolute atomic E-state index is 13.8. The molecule has 0 atom stereocenters. The quantitative estimate of drug-likeness (QED) is 0.440. The molecular formula is C22H18FN7O2S. The summed E-state index contributed by atoms with van der Waals surface area (Å²) in [6.45, 7) is 0.327. The van der Waals surface area contributed by atoms with Crippen molar-refractivity contribution >= 4 is 32.5 Å². The van der Waals surface area contributed by atoms with Crippen LogP contribution in [-0.4, -0.2) is 41.2 Å². The summed E-state index contributed by atoms with van der Waals surface area (Å²) >= 11 is 0. The lowest BCUT2D eigenvalue weighted by atomic mass is 10.0. The summed E-state index contributed by atoms with van der Waals surface area (Å²) in [6, 6.07) is 11.5. The van der Waals surface area contributed by atoms with Crippen molar-refractivity contribution in [1.29, 1.82) is 5.26 Å². The number of hydrogen-bond donors (Lipinski definition) is 2. The molecule has 0 radical (unpaired) electrons. The van der Waals surface area contributed by atoms with E-state index in [0.29, 0.717) is 40.8 Å². The molecule has 3 N–H and O–H groups in total. The van der Waals surface area contributed by atoms with Gasteiger partial charge in [0.2, 0.25) is 0 Å². The van der Waals surface area contributed by atoms with Gasteiger partial charge >= 0.3 is 0 Å². The summed E-state index contributed by atoms with van der Waals surface area (Å²) in [5.41, 5.74) is 8.13. The maximum Gasteiger partial charge on any atom is 0.176 e. The van der Waals surface area contributed by atoms with Crippen LogP contribution in [0.1, 0.15) is 11.1 Å². The number of nitrogens with two attached hydrogens (primary N) is 1. The van der Waals surface area contributed by atoms with E-state index in [9.17, 15) is 18.1 Å². The number of benzene rings is 1. The molecule has 0 spiro atoms. The van der Waals surface area contributed by atoms with Crippen LogP contribution in [0.4, 0.5) is 16.0 Å². The van der Waals surface area contributed by atoms with Gasteiger partial charge in [0.25, 0.3) is 0 Å². The van der Waals surface area contributed by atoms with Crippen molar-refractivity contribution in [3.8, 4) is 17.3 Å². The zero-order valence-electron chi connectivity index (χ0n) is 17.4. The lowest BCUT2D eigenvalue weighted by Crippen LogP contribution is -2.11. The van der Waals surface area contributed by atoms with Gasteiger partial charge < -0.3 is 11.1 Å². The highest BCUT2D eigenvalue weighted by atomic mass is 32.2. The predicted molar refractivity (Wildman–Crippen MR) is 121 cm³/mol. The third-order valence-corrected chi connectivity index (χ3v) is 6.08. The molecule has 9 nitrogen and oxygen atoms in total. The first-order valence-corrected chi connectivity index (χ1v) is 11.7. The fourth-order valence-corrected chi connectivity index (χ4v) is 4.32. The first-order valence-electron chi connectivity index (χ1n) is 9.77. The summed E-state index contributed by atoms with van der Waals surface area (Å²) in [4.78, 5) is 16.6. The van der Waals surface area contributed by atoms with Gasteiger partial charge in [-0.2, -0.15) is 5.26 Å². The number of nitrogens with zero attached hydrogens (tertiary/aromatic N) is 5. The Morgan fingerprint density at radius 2 is 1.94 bits per heavy atom. The molecule has 0 amide bonds. The third-order valence-electron chi connectivity index (χ3n) is 4.93. The maximum atomic E-state index is 13.8. The van der Waals surface area contributed by atoms with Crippen molar-refractivity contribution in [2.24, 2.45) is 0 Å². The second-order valence-electron chi connectivity index (χ2n) is 7.23. The van der Waals surface area contributed by atoms with Crippen LogP contribution in [0.3, 0.4) is 0 Å². The number of anilines is 2. The Morgan fingerprint density at radius 1 is 1.15 bits per heavy atom. The smallest absolute Gasteiger partial charge is 0.176 e. The van der Waals surface area contributed by atoms with Crippen LogP contribution in [0, 0.1) is 17.1 Å². The molecule has 0 saturated heterocycles. The van der Waals surface area contributed by atoms with Crippen LogP contribution in [0.2, 0.25) is 0 Å². The Morgan fingerprint density at radius 3 is 2.70 bits per heavy atom. The minimum Gasteiger partial charge on any atom is -0.382 e. The Bertz CT molecular complexity index is 1520. The van der Waals surface area contributed by atoms with Crippen molar-refractivity contribution in [2.45, 2.75) is 11.3 Å². The molecule has 0 unspecified atom stereocenters. The highest BCUT2D eigenvalue weighted by Crippen LogP contribution is 2.31. The normalized spacial score (nSPS) is 11.3. The molecule has 4 aromatic rings. The molecule has 0 saturated carbocycles. The van der Waals surface area contributed by atoms with Crippen molar-refractivity contribution < 1.29 is 12.8 Å².